The standard InChI is InChI=1S/C14H23N3O2S/c1-4-14(2,3)17-20(18,19)13-8-5-11(10-16-13)9-15-12-6-7-12/h5,8,10,12,15,17H,4,6-7,9H2,1-3H3. The van der Waals surface area contributed by atoms with E-state index in [4.69, 9.17) is 0 Å². The molecule has 6 heteroatoms. The van der Waals surface area contributed by atoms with Crippen LogP contribution in [0.2, 0.25) is 0 Å². The second-order valence-electron chi connectivity index (χ2n) is 6.00. The van der Waals surface area contributed by atoms with Crippen molar-refractivity contribution in [3.05, 3.63) is 23.9 Å². The van der Waals surface area contributed by atoms with Crippen molar-refractivity contribution in [3.8, 4) is 0 Å². The fraction of sp³-hybridized carbons (Fsp3) is 0.643. The van der Waals surface area contributed by atoms with Gasteiger partial charge in [-0.05, 0) is 44.7 Å². The summed E-state index contributed by atoms with van der Waals surface area (Å²) in [6.45, 7) is 6.41. The molecule has 1 fully saturated rings. The van der Waals surface area contributed by atoms with Gasteiger partial charge in [-0.25, -0.2) is 18.1 Å². The van der Waals surface area contributed by atoms with E-state index in [1.165, 1.54) is 12.8 Å². The molecule has 2 N–H and O–H groups in total. The summed E-state index contributed by atoms with van der Waals surface area (Å²) in [6.07, 6.45) is 4.81. The van der Waals surface area contributed by atoms with E-state index in [-0.39, 0.29) is 5.03 Å². The highest BCUT2D eigenvalue weighted by Crippen LogP contribution is 2.19. The Hall–Kier alpha value is -0.980. The van der Waals surface area contributed by atoms with E-state index in [9.17, 15) is 8.42 Å². The number of hydrogen-bond donors (Lipinski definition) is 2. The number of aromatic nitrogens is 1. The summed E-state index contributed by atoms with van der Waals surface area (Å²) in [5.41, 5.74) is 0.540. The Bertz CT molecular complexity index is 548. The lowest BCUT2D eigenvalue weighted by atomic mass is 10.0. The Balaban J connectivity index is 2.03. The van der Waals surface area contributed by atoms with E-state index in [2.05, 4.69) is 15.0 Å². The molecule has 1 heterocycles. The van der Waals surface area contributed by atoms with E-state index in [0.717, 1.165) is 18.5 Å². The lowest BCUT2D eigenvalue weighted by Gasteiger charge is -2.23. The summed E-state index contributed by atoms with van der Waals surface area (Å²) in [6, 6.07) is 4.01. The fourth-order valence-corrected chi connectivity index (χ4v) is 3.13. The van der Waals surface area contributed by atoms with Crippen LogP contribution in [0.25, 0.3) is 0 Å². The van der Waals surface area contributed by atoms with Crippen LogP contribution in [0.4, 0.5) is 0 Å². The summed E-state index contributed by atoms with van der Waals surface area (Å²) in [5.74, 6) is 0. The van der Waals surface area contributed by atoms with E-state index in [1.807, 2.05) is 26.8 Å². The first-order valence-corrected chi connectivity index (χ1v) is 8.53. The normalized spacial score (nSPS) is 16.4. The Morgan fingerprint density at radius 3 is 2.55 bits per heavy atom. The van der Waals surface area contributed by atoms with Gasteiger partial charge in [0.05, 0.1) is 0 Å². The van der Waals surface area contributed by atoms with Crippen molar-refractivity contribution in [2.45, 2.75) is 63.2 Å². The third-order valence-corrected chi connectivity index (χ3v) is 5.15. The van der Waals surface area contributed by atoms with Gasteiger partial charge in [-0.3, -0.25) is 0 Å². The maximum Gasteiger partial charge on any atom is 0.258 e. The molecule has 5 nitrogen and oxygen atoms in total. The molecule has 0 atom stereocenters. The topological polar surface area (TPSA) is 71.1 Å². The second-order valence-corrected chi connectivity index (χ2v) is 7.63. The van der Waals surface area contributed by atoms with Gasteiger partial charge in [-0.15, -0.1) is 0 Å². The van der Waals surface area contributed by atoms with Crippen LogP contribution in [0, 0.1) is 0 Å². The largest absolute Gasteiger partial charge is 0.310 e. The summed E-state index contributed by atoms with van der Waals surface area (Å²) in [5, 5.41) is 3.45. The predicted molar refractivity (Wildman–Crippen MR) is 78.8 cm³/mol. The highest BCUT2D eigenvalue weighted by atomic mass is 32.2. The molecular weight excluding hydrogens is 274 g/mol. The first-order chi connectivity index (χ1) is 9.32. The molecule has 0 aromatic carbocycles. The van der Waals surface area contributed by atoms with E-state index in [0.29, 0.717) is 6.04 Å². The predicted octanol–water partition coefficient (Wildman–Crippen LogP) is 1.80. The minimum absolute atomic E-state index is 0.0780. The monoisotopic (exact) mass is 297 g/mol. The van der Waals surface area contributed by atoms with Crippen molar-refractivity contribution in [2.75, 3.05) is 0 Å². The van der Waals surface area contributed by atoms with Crippen molar-refractivity contribution in [2.24, 2.45) is 0 Å². The van der Waals surface area contributed by atoms with Crippen LogP contribution < -0.4 is 10.0 Å². The maximum atomic E-state index is 12.2. The lowest BCUT2D eigenvalue weighted by Crippen LogP contribution is -2.42. The molecule has 0 unspecified atom stereocenters. The quantitative estimate of drug-likeness (QED) is 0.805. The molecule has 0 spiro atoms. The zero-order chi connectivity index (χ0) is 14.8. The van der Waals surface area contributed by atoms with Crippen LogP contribution in [0.1, 0.15) is 45.6 Å². The smallest absolute Gasteiger partial charge is 0.258 e. The molecule has 112 valence electrons. The van der Waals surface area contributed by atoms with Crippen LogP contribution >= 0.6 is 0 Å². The number of rotatable bonds is 7. The molecule has 0 bridgehead atoms. The molecule has 20 heavy (non-hydrogen) atoms. The zero-order valence-electron chi connectivity index (χ0n) is 12.3. The van der Waals surface area contributed by atoms with Crippen LogP contribution in [0.3, 0.4) is 0 Å². The summed E-state index contributed by atoms with van der Waals surface area (Å²) in [4.78, 5) is 4.08. The molecule has 0 amide bonds. The number of hydrogen-bond acceptors (Lipinski definition) is 4. The van der Waals surface area contributed by atoms with Gasteiger partial charge in [0.15, 0.2) is 5.03 Å². The van der Waals surface area contributed by atoms with Gasteiger partial charge in [0.2, 0.25) is 0 Å². The molecule has 1 aromatic heterocycles. The van der Waals surface area contributed by atoms with E-state index >= 15 is 0 Å². The molecule has 1 aromatic rings. The van der Waals surface area contributed by atoms with Crippen LogP contribution in [0.15, 0.2) is 23.4 Å². The second kappa shape index (κ2) is 5.79. The minimum atomic E-state index is -3.55. The average molecular weight is 297 g/mol. The van der Waals surface area contributed by atoms with Gasteiger partial charge in [-0.2, -0.15) is 0 Å². The Morgan fingerprint density at radius 2 is 2.05 bits per heavy atom. The maximum absolute atomic E-state index is 12.2. The SMILES string of the molecule is CCC(C)(C)NS(=O)(=O)c1ccc(CNC2CC2)cn1. The molecule has 0 radical (unpaired) electrons. The van der Waals surface area contributed by atoms with Crippen LogP contribution in [0.5, 0.6) is 0 Å². The Morgan fingerprint density at radius 1 is 1.35 bits per heavy atom. The minimum Gasteiger partial charge on any atom is -0.310 e. The summed E-state index contributed by atoms with van der Waals surface area (Å²) >= 11 is 0. The number of pyridine rings is 1. The molecular formula is C14H23N3O2S. The Labute approximate surface area is 121 Å². The summed E-state index contributed by atoms with van der Waals surface area (Å²) in [7, 11) is -3.55. The van der Waals surface area contributed by atoms with Gasteiger partial charge < -0.3 is 5.32 Å². The molecule has 0 saturated heterocycles. The van der Waals surface area contributed by atoms with Crippen molar-refractivity contribution >= 4 is 10.0 Å². The lowest BCUT2D eigenvalue weighted by molar-refractivity contribution is 0.438. The van der Waals surface area contributed by atoms with Crippen LogP contribution in [-0.2, 0) is 16.6 Å². The van der Waals surface area contributed by atoms with Crippen molar-refractivity contribution in [1.82, 2.24) is 15.0 Å². The number of nitrogens with zero attached hydrogens (tertiary/aromatic N) is 1. The van der Waals surface area contributed by atoms with Gasteiger partial charge in [0, 0.05) is 24.3 Å². The average Bonchev–Trinajstić information content (AvgIpc) is 3.20. The van der Waals surface area contributed by atoms with Gasteiger partial charge in [0.1, 0.15) is 0 Å². The Kier molecular flexibility index (Phi) is 4.46. The zero-order valence-corrected chi connectivity index (χ0v) is 13.1. The highest BCUT2D eigenvalue weighted by Gasteiger charge is 2.25. The highest BCUT2D eigenvalue weighted by molar-refractivity contribution is 7.89. The van der Waals surface area contributed by atoms with E-state index < -0.39 is 15.6 Å². The third-order valence-electron chi connectivity index (χ3n) is 3.54. The van der Waals surface area contributed by atoms with Gasteiger partial charge in [0.25, 0.3) is 10.0 Å². The molecule has 1 aliphatic carbocycles. The summed E-state index contributed by atoms with van der Waals surface area (Å²) < 4.78 is 27.1. The van der Waals surface area contributed by atoms with Crippen molar-refractivity contribution in [3.63, 3.8) is 0 Å². The van der Waals surface area contributed by atoms with Gasteiger partial charge in [-0.1, -0.05) is 13.0 Å². The van der Waals surface area contributed by atoms with Crippen LogP contribution in [-0.4, -0.2) is 25.0 Å². The molecule has 0 aliphatic heterocycles. The fourth-order valence-electron chi connectivity index (χ4n) is 1.71. The molecule has 1 aliphatic rings. The van der Waals surface area contributed by atoms with Gasteiger partial charge >= 0.3 is 0 Å². The first kappa shape index (κ1) is 15.4. The van der Waals surface area contributed by atoms with Crippen molar-refractivity contribution in [1.29, 1.82) is 0 Å². The number of nitrogens with one attached hydrogen (secondary N) is 2. The number of sulfonamides is 1. The molecule has 1 saturated carbocycles. The van der Waals surface area contributed by atoms with Crippen molar-refractivity contribution < 1.29 is 8.42 Å². The first-order valence-electron chi connectivity index (χ1n) is 7.05. The van der Waals surface area contributed by atoms with E-state index in [1.54, 1.807) is 12.3 Å². The third kappa shape index (κ3) is 4.26. The molecule has 2 rings (SSSR count).